The molecule has 0 radical (unpaired) electrons. The summed E-state index contributed by atoms with van der Waals surface area (Å²) in [6, 6.07) is -0.300. The van der Waals surface area contributed by atoms with Crippen LogP contribution < -0.4 is 0 Å². The van der Waals surface area contributed by atoms with E-state index in [9.17, 15) is 14.4 Å². The number of aryl methyl sites for hydroxylation is 1. The summed E-state index contributed by atoms with van der Waals surface area (Å²) in [5, 5.41) is 0. The number of hydrogen-bond donors (Lipinski definition) is 1. The normalized spacial score (nSPS) is 19.7. The van der Waals surface area contributed by atoms with Crippen molar-refractivity contribution in [2.45, 2.75) is 52.5 Å². The lowest BCUT2D eigenvalue weighted by atomic mass is 10.0. The van der Waals surface area contributed by atoms with Crippen molar-refractivity contribution in [2.75, 3.05) is 52.9 Å². The Morgan fingerprint density at radius 3 is 2.16 bits per heavy atom. The summed E-state index contributed by atoms with van der Waals surface area (Å²) < 4.78 is 4.84. The molecule has 0 saturated carbocycles. The molecule has 0 bridgehead atoms. The van der Waals surface area contributed by atoms with Crippen LogP contribution >= 0.6 is 0 Å². The molecule has 2 aliphatic heterocycles. The standard InChI is InChI=1S/C23H36N4O4/c1-16-20(23(30)31-4)17(2)24-21(16)22(29)18(3)26-13-11-25(12-14-26)15-19(28)27-9-7-5-6-8-10-27/h18,24H,5-15H2,1-4H3. The molecular weight excluding hydrogens is 396 g/mol. The zero-order chi connectivity index (χ0) is 22.5. The quantitative estimate of drug-likeness (QED) is 0.547. The summed E-state index contributed by atoms with van der Waals surface area (Å²) in [5.74, 6) is -0.224. The van der Waals surface area contributed by atoms with Crippen LogP contribution in [0.5, 0.6) is 0 Å². The van der Waals surface area contributed by atoms with Crippen LogP contribution in [-0.2, 0) is 9.53 Å². The van der Waals surface area contributed by atoms with Gasteiger partial charge in [0.05, 0.1) is 31.0 Å². The molecule has 1 aromatic rings. The van der Waals surface area contributed by atoms with E-state index in [0.29, 0.717) is 29.1 Å². The molecule has 0 aliphatic carbocycles. The molecule has 3 heterocycles. The largest absolute Gasteiger partial charge is 0.465 e. The summed E-state index contributed by atoms with van der Waals surface area (Å²) in [6.45, 7) is 10.7. The molecule has 1 amide bonds. The Morgan fingerprint density at radius 2 is 1.58 bits per heavy atom. The second kappa shape index (κ2) is 10.4. The number of nitrogens with one attached hydrogen (secondary N) is 1. The Labute approximate surface area is 184 Å². The van der Waals surface area contributed by atoms with E-state index in [1.54, 1.807) is 13.8 Å². The molecule has 2 fully saturated rings. The van der Waals surface area contributed by atoms with Gasteiger partial charge in [0.25, 0.3) is 0 Å². The second-order valence-electron chi connectivity index (χ2n) is 8.76. The van der Waals surface area contributed by atoms with Gasteiger partial charge in [-0.15, -0.1) is 0 Å². The molecule has 0 spiro atoms. The maximum atomic E-state index is 13.1. The number of rotatable bonds is 6. The fourth-order valence-electron chi connectivity index (χ4n) is 4.70. The SMILES string of the molecule is COC(=O)c1c(C)[nH]c(C(=O)C(C)N2CCN(CC(=O)N3CCCCCC3)CC2)c1C. The lowest BCUT2D eigenvalue weighted by Gasteiger charge is -2.37. The number of amides is 1. The molecule has 8 heteroatoms. The van der Waals surface area contributed by atoms with Gasteiger partial charge in [-0.3, -0.25) is 19.4 Å². The number of likely N-dealkylation sites (tertiary alicyclic amines) is 1. The minimum Gasteiger partial charge on any atom is -0.465 e. The maximum Gasteiger partial charge on any atom is 0.339 e. The molecule has 0 aromatic carbocycles. The Bertz CT molecular complexity index is 803. The highest BCUT2D eigenvalue weighted by molar-refractivity contribution is 6.03. The zero-order valence-electron chi connectivity index (χ0n) is 19.3. The van der Waals surface area contributed by atoms with Crippen molar-refractivity contribution >= 4 is 17.7 Å². The van der Waals surface area contributed by atoms with Crippen molar-refractivity contribution < 1.29 is 19.1 Å². The van der Waals surface area contributed by atoms with Crippen LogP contribution in [0.2, 0.25) is 0 Å². The highest BCUT2D eigenvalue weighted by Gasteiger charge is 2.31. The molecule has 8 nitrogen and oxygen atoms in total. The van der Waals surface area contributed by atoms with E-state index in [-0.39, 0.29) is 17.7 Å². The van der Waals surface area contributed by atoms with E-state index in [1.165, 1.54) is 20.0 Å². The van der Waals surface area contributed by atoms with Gasteiger partial charge in [0.2, 0.25) is 5.91 Å². The van der Waals surface area contributed by atoms with Gasteiger partial charge < -0.3 is 14.6 Å². The number of ketones is 1. The van der Waals surface area contributed by atoms with Crippen LogP contribution in [-0.4, -0.2) is 96.3 Å². The number of carbonyl (C=O) groups is 3. The fourth-order valence-corrected chi connectivity index (χ4v) is 4.70. The van der Waals surface area contributed by atoms with Crippen LogP contribution in [0.25, 0.3) is 0 Å². The monoisotopic (exact) mass is 432 g/mol. The molecule has 31 heavy (non-hydrogen) atoms. The van der Waals surface area contributed by atoms with Crippen LogP contribution in [0.15, 0.2) is 0 Å². The molecule has 1 aromatic heterocycles. The fraction of sp³-hybridized carbons (Fsp3) is 0.696. The van der Waals surface area contributed by atoms with Crippen molar-refractivity contribution in [3.05, 3.63) is 22.5 Å². The van der Waals surface area contributed by atoms with Crippen molar-refractivity contribution in [3.8, 4) is 0 Å². The first kappa shape index (κ1) is 23.5. The Balaban J connectivity index is 1.55. The predicted octanol–water partition coefficient (Wildman–Crippen LogP) is 2.01. The summed E-state index contributed by atoms with van der Waals surface area (Å²) in [5.41, 5.74) is 2.21. The summed E-state index contributed by atoms with van der Waals surface area (Å²) >= 11 is 0. The average molecular weight is 433 g/mol. The first-order valence-corrected chi connectivity index (χ1v) is 11.4. The topological polar surface area (TPSA) is 86.0 Å². The summed E-state index contributed by atoms with van der Waals surface area (Å²) in [7, 11) is 1.34. The van der Waals surface area contributed by atoms with Crippen molar-refractivity contribution in [1.82, 2.24) is 19.7 Å². The number of carbonyl (C=O) groups excluding carboxylic acids is 3. The van der Waals surface area contributed by atoms with Gasteiger partial charge in [0.1, 0.15) is 0 Å². The number of Topliss-reactive ketones (excluding diaryl/α,β-unsaturated/α-hetero) is 1. The van der Waals surface area contributed by atoms with E-state index >= 15 is 0 Å². The Kier molecular flexibility index (Phi) is 7.89. The molecule has 2 aliphatic rings. The molecule has 1 N–H and O–H groups in total. The number of aromatic amines is 1. The number of esters is 1. The number of methoxy groups -OCH3 is 1. The van der Waals surface area contributed by atoms with Gasteiger partial charge in [0.15, 0.2) is 5.78 Å². The van der Waals surface area contributed by atoms with Gasteiger partial charge in [-0.1, -0.05) is 12.8 Å². The van der Waals surface area contributed by atoms with Crippen LogP contribution in [0.1, 0.15) is 64.7 Å². The molecular formula is C23H36N4O4. The van der Waals surface area contributed by atoms with E-state index < -0.39 is 5.97 Å². The third-order valence-corrected chi connectivity index (χ3v) is 6.73. The number of H-pyrrole nitrogens is 1. The van der Waals surface area contributed by atoms with Crippen molar-refractivity contribution in [1.29, 1.82) is 0 Å². The number of aromatic nitrogens is 1. The van der Waals surface area contributed by atoms with E-state index in [1.807, 2.05) is 11.8 Å². The van der Waals surface area contributed by atoms with Crippen LogP contribution in [0.3, 0.4) is 0 Å². The third kappa shape index (κ3) is 5.36. The van der Waals surface area contributed by atoms with Gasteiger partial charge in [-0.25, -0.2) is 4.79 Å². The average Bonchev–Trinajstić information content (AvgIpc) is 2.94. The highest BCUT2D eigenvalue weighted by atomic mass is 16.5. The van der Waals surface area contributed by atoms with E-state index in [4.69, 9.17) is 4.74 Å². The van der Waals surface area contributed by atoms with Gasteiger partial charge in [0, 0.05) is 45.0 Å². The summed E-state index contributed by atoms with van der Waals surface area (Å²) in [4.78, 5) is 47.3. The van der Waals surface area contributed by atoms with E-state index in [2.05, 4.69) is 14.8 Å². The third-order valence-electron chi connectivity index (χ3n) is 6.73. The molecule has 2 saturated heterocycles. The van der Waals surface area contributed by atoms with Gasteiger partial charge in [-0.2, -0.15) is 0 Å². The lowest BCUT2D eigenvalue weighted by Crippen LogP contribution is -2.53. The van der Waals surface area contributed by atoms with Crippen molar-refractivity contribution in [3.63, 3.8) is 0 Å². The minimum absolute atomic E-state index is 0.0233. The predicted molar refractivity (Wildman–Crippen MR) is 118 cm³/mol. The Morgan fingerprint density at radius 1 is 0.968 bits per heavy atom. The smallest absolute Gasteiger partial charge is 0.339 e. The first-order chi connectivity index (χ1) is 14.8. The maximum absolute atomic E-state index is 13.1. The van der Waals surface area contributed by atoms with Gasteiger partial charge >= 0.3 is 5.97 Å². The Hall–Kier alpha value is -2.19. The number of ether oxygens (including phenoxy) is 1. The van der Waals surface area contributed by atoms with Crippen LogP contribution in [0.4, 0.5) is 0 Å². The van der Waals surface area contributed by atoms with Crippen LogP contribution in [0, 0.1) is 13.8 Å². The zero-order valence-corrected chi connectivity index (χ0v) is 19.3. The summed E-state index contributed by atoms with van der Waals surface area (Å²) in [6.07, 6.45) is 4.65. The van der Waals surface area contributed by atoms with Crippen molar-refractivity contribution in [2.24, 2.45) is 0 Å². The lowest BCUT2D eigenvalue weighted by molar-refractivity contribution is -0.132. The molecule has 1 unspecified atom stereocenters. The molecule has 3 rings (SSSR count). The second-order valence-corrected chi connectivity index (χ2v) is 8.76. The van der Waals surface area contributed by atoms with Gasteiger partial charge in [-0.05, 0) is 39.2 Å². The highest BCUT2D eigenvalue weighted by Crippen LogP contribution is 2.22. The molecule has 172 valence electrons. The molecule has 1 atom stereocenters. The number of nitrogens with zero attached hydrogens (tertiary/aromatic N) is 3. The minimum atomic E-state index is -0.430. The van der Waals surface area contributed by atoms with E-state index in [0.717, 1.165) is 52.1 Å². The number of hydrogen-bond acceptors (Lipinski definition) is 6. The number of piperazine rings is 1. The first-order valence-electron chi connectivity index (χ1n) is 11.4.